The molecule has 0 atom stereocenters. The Labute approximate surface area is 343 Å². The quantitative estimate of drug-likeness (QED) is 0.172. The van der Waals surface area contributed by atoms with Crippen LogP contribution in [0.3, 0.4) is 0 Å². The molecule has 0 saturated heterocycles. The Morgan fingerprint density at radius 1 is 0.508 bits per heavy atom. The number of pyridine rings is 4. The van der Waals surface area contributed by atoms with Crippen LogP contribution in [0, 0.1) is 23.7 Å². The normalized spacial score (nSPS) is 25.3. The third-order valence-corrected chi connectivity index (χ3v) is 19.4. The van der Waals surface area contributed by atoms with Crippen LogP contribution in [-0.2, 0) is 7.53 Å². The van der Waals surface area contributed by atoms with Crippen molar-refractivity contribution in [2.24, 2.45) is 53.6 Å². The van der Waals surface area contributed by atoms with Crippen LogP contribution >= 0.6 is 0 Å². The predicted octanol–water partition coefficient (Wildman–Crippen LogP) is 6.64. The summed E-state index contributed by atoms with van der Waals surface area (Å²) in [7, 11) is 0. The number of hydrogen-bond acceptors (Lipinski definition) is 12. The maximum atomic E-state index is 7.86. The zero-order valence-electron chi connectivity index (χ0n) is 33.0. The molecule has 6 aliphatic rings. The SMILES string of the molecule is CC1CCC(C[O][Ge]2([O]CC3CCC(C)CC3)[n]3c4c5cccnc5c3N=C3N=C(N=c5c6cccnc6c([n]52)=NC2=NC(=N4)c4ncccc42)c2ncccc23)CC1. The van der Waals surface area contributed by atoms with Gasteiger partial charge in [-0.05, 0) is 0 Å². The van der Waals surface area contributed by atoms with Crippen LogP contribution in [0.2, 0.25) is 0 Å². The number of fused-ring (bicyclic) bond motifs is 14. The van der Waals surface area contributed by atoms with E-state index in [1.165, 1.54) is 25.7 Å². The van der Waals surface area contributed by atoms with Crippen molar-refractivity contribution in [1.82, 2.24) is 27.0 Å². The molecule has 294 valence electrons. The molecular formula is C44H42GeN12O2. The molecule has 6 bridgehead atoms. The monoisotopic (exact) mass is 844 g/mol. The molecular weight excluding hydrogens is 801 g/mol. The molecule has 0 amide bonds. The van der Waals surface area contributed by atoms with Gasteiger partial charge in [0.25, 0.3) is 0 Å². The van der Waals surface area contributed by atoms with Gasteiger partial charge < -0.3 is 0 Å². The summed E-state index contributed by atoms with van der Waals surface area (Å²) in [6.07, 6.45) is 16.1. The molecule has 0 aromatic carbocycles. The topological polar surface area (TPSA) is 154 Å². The molecule has 4 aliphatic heterocycles. The van der Waals surface area contributed by atoms with Crippen molar-refractivity contribution in [3.8, 4) is 0 Å². The van der Waals surface area contributed by atoms with E-state index in [-0.39, 0.29) is 0 Å². The minimum atomic E-state index is -5.06. The van der Waals surface area contributed by atoms with E-state index >= 15 is 0 Å². The standard InChI is InChI=1S/C44H42GeN12O2/c1-25-11-15-27(16-12-25)23-58-45(59-24-28-17-13-26(2)14-18-28)56-42-31-9-5-21-48-35(31)43(56)52-37-29-7-3-19-46-33(29)39(50-37)54-41-32-10-6-22-49-36(32)44(57(41)45)53-38-30-8-4-20-47-34(30)40(51-38)55-42/h3-10,19-22,25-28H,11-18,23-24H2,1-2H3. The van der Waals surface area contributed by atoms with Crippen LogP contribution in [0.15, 0.2) is 103 Å². The molecule has 10 heterocycles. The zero-order valence-corrected chi connectivity index (χ0v) is 35.1. The maximum absolute atomic E-state index is 7.86. The number of amidine groups is 4. The molecule has 2 saturated carbocycles. The van der Waals surface area contributed by atoms with Crippen LogP contribution in [0.5, 0.6) is 0 Å². The zero-order chi connectivity index (χ0) is 39.2. The third kappa shape index (κ3) is 5.59. The van der Waals surface area contributed by atoms with E-state index in [0.29, 0.717) is 105 Å². The second-order valence-electron chi connectivity index (χ2n) is 17.0. The second-order valence-corrected chi connectivity index (χ2v) is 22.3. The Balaban J connectivity index is 1.26. The number of aliphatic imine (C=N–C) groups is 4. The summed E-state index contributed by atoms with van der Waals surface area (Å²) >= 11 is -5.06. The van der Waals surface area contributed by atoms with Crippen molar-refractivity contribution in [3.63, 3.8) is 0 Å². The summed E-state index contributed by atoms with van der Waals surface area (Å²) in [5.74, 6) is 5.10. The Morgan fingerprint density at radius 3 is 1.68 bits per heavy atom. The first-order valence-corrected chi connectivity index (χ1v) is 24.6. The van der Waals surface area contributed by atoms with Gasteiger partial charge in [0.2, 0.25) is 0 Å². The van der Waals surface area contributed by atoms with Gasteiger partial charge in [0.1, 0.15) is 0 Å². The van der Waals surface area contributed by atoms with Gasteiger partial charge in [-0.15, -0.1) is 0 Å². The van der Waals surface area contributed by atoms with Gasteiger partial charge in [0, 0.05) is 0 Å². The van der Waals surface area contributed by atoms with Gasteiger partial charge in [-0.1, -0.05) is 0 Å². The fraction of sp³-hybridized carbons (Fsp3) is 0.364. The van der Waals surface area contributed by atoms with Crippen molar-refractivity contribution < 1.29 is 7.53 Å². The Morgan fingerprint density at radius 2 is 1.02 bits per heavy atom. The predicted molar refractivity (Wildman–Crippen MR) is 226 cm³/mol. The van der Waals surface area contributed by atoms with Crippen LogP contribution in [-0.4, -0.2) is 77.9 Å². The summed E-state index contributed by atoms with van der Waals surface area (Å²) in [6, 6.07) is 15.8. The van der Waals surface area contributed by atoms with E-state index in [1.54, 1.807) is 24.8 Å². The average molecular weight is 844 g/mol. The van der Waals surface area contributed by atoms with Gasteiger partial charge in [-0.25, -0.2) is 0 Å². The third-order valence-electron chi connectivity index (χ3n) is 13.0. The molecule has 0 radical (unpaired) electrons. The molecule has 6 aromatic heterocycles. The molecule has 2 aliphatic carbocycles. The second kappa shape index (κ2) is 13.7. The number of hydrogen-bond donors (Lipinski definition) is 0. The van der Waals surface area contributed by atoms with Crippen LogP contribution < -0.4 is 11.0 Å². The van der Waals surface area contributed by atoms with Crippen LogP contribution in [0.4, 0.5) is 11.6 Å². The van der Waals surface area contributed by atoms with E-state index in [1.807, 2.05) is 48.5 Å². The number of aromatic nitrogens is 6. The molecule has 0 N–H and O–H groups in total. The molecule has 6 aromatic rings. The van der Waals surface area contributed by atoms with Crippen molar-refractivity contribution in [1.29, 1.82) is 0 Å². The minimum absolute atomic E-state index is 0.343. The fourth-order valence-electron chi connectivity index (χ4n) is 9.67. The van der Waals surface area contributed by atoms with E-state index in [0.717, 1.165) is 47.6 Å². The Hall–Kier alpha value is -5.58. The summed E-state index contributed by atoms with van der Waals surface area (Å²) < 4.78 is 20.1. The van der Waals surface area contributed by atoms with Crippen molar-refractivity contribution in [3.05, 3.63) is 107 Å². The first kappa shape index (κ1) is 35.4. The number of rotatable bonds is 6. The molecule has 14 nitrogen and oxygen atoms in total. The van der Waals surface area contributed by atoms with Gasteiger partial charge >= 0.3 is 345 Å². The van der Waals surface area contributed by atoms with Gasteiger partial charge in [0.05, 0.1) is 0 Å². The molecule has 0 unspecified atom stereocenters. The first-order chi connectivity index (χ1) is 29.0. The summed E-state index contributed by atoms with van der Waals surface area (Å²) in [5, 5.41) is 1.59. The van der Waals surface area contributed by atoms with Crippen LogP contribution in [0.1, 0.15) is 87.7 Å². The average Bonchev–Trinajstić information content (AvgIpc) is 3.99. The molecule has 15 heteroatoms. The Kier molecular flexibility index (Phi) is 8.24. The van der Waals surface area contributed by atoms with Crippen molar-refractivity contribution >= 4 is 71.2 Å². The summed E-state index contributed by atoms with van der Waals surface area (Å²) in [5.41, 5.74) is 5.31. The molecule has 0 spiro atoms. The fourth-order valence-corrected chi connectivity index (χ4v) is 16.9. The van der Waals surface area contributed by atoms with E-state index in [4.69, 9.17) is 57.4 Å². The van der Waals surface area contributed by atoms with Crippen molar-refractivity contribution in [2.45, 2.75) is 65.2 Å². The van der Waals surface area contributed by atoms with E-state index in [2.05, 4.69) is 20.9 Å². The van der Waals surface area contributed by atoms with Gasteiger partial charge in [0.15, 0.2) is 0 Å². The molecule has 2 fully saturated rings. The Bertz CT molecular complexity index is 2790. The first-order valence-electron chi connectivity index (χ1n) is 21.0. The van der Waals surface area contributed by atoms with Gasteiger partial charge in [-0.2, -0.15) is 0 Å². The summed E-state index contributed by atoms with van der Waals surface area (Å²) in [4.78, 5) is 51.9. The molecule has 12 rings (SSSR count). The summed E-state index contributed by atoms with van der Waals surface area (Å²) in [6.45, 7) is 5.70. The molecule has 59 heavy (non-hydrogen) atoms. The van der Waals surface area contributed by atoms with E-state index < -0.39 is 14.4 Å². The van der Waals surface area contributed by atoms with Crippen molar-refractivity contribution in [2.75, 3.05) is 13.2 Å². The number of nitrogens with zero attached hydrogens (tertiary/aromatic N) is 12. The van der Waals surface area contributed by atoms with E-state index in [9.17, 15) is 0 Å². The van der Waals surface area contributed by atoms with Gasteiger partial charge in [-0.3, -0.25) is 0 Å². The van der Waals surface area contributed by atoms with Crippen LogP contribution in [0.25, 0.3) is 21.8 Å².